The molecule has 7 nitrogen and oxygen atoms in total. The zero-order chi connectivity index (χ0) is 20.2. The fourth-order valence-electron chi connectivity index (χ4n) is 3.72. The third-order valence-electron chi connectivity index (χ3n) is 5.32. The number of Topliss-reactive ketones (excluding diaryl/α,β-unsaturated/α-hetero) is 1. The number of piperazine rings is 1. The van der Waals surface area contributed by atoms with Crippen molar-refractivity contribution in [2.75, 3.05) is 45.9 Å². The van der Waals surface area contributed by atoms with E-state index in [9.17, 15) is 9.18 Å². The summed E-state index contributed by atoms with van der Waals surface area (Å²) in [6.07, 6.45) is 4.06. The Morgan fingerprint density at radius 3 is 2.59 bits per heavy atom. The molecule has 4 rings (SSSR count). The Balaban J connectivity index is 1.40. The second kappa shape index (κ2) is 8.75. The predicted octanol–water partition coefficient (Wildman–Crippen LogP) is 1.73. The van der Waals surface area contributed by atoms with E-state index in [-0.39, 0.29) is 18.9 Å². The molecule has 1 fully saturated rings. The normalized spacial score (nSPS) is 15.8. The molecule has 0 amide bonds. The molecule has 8 heteroatoms. The van der Waals surface area contributed by atoms with Crippen LogP contribution in [0.5, 0.6) is 0 Å². The van der Waals surface area contributed by atoms with Crippen LogP contribution in [0, 0.1) is 0 Å². The van der Waals surface area contributed by atoms with Gasteiger partial charge in [0.1, 0.15) is 6.67 Å². The van der Waals surface area contributed by atoms with Gasteiger partial charge in [-0.2, -0.15) is 15.3 Å². The molecule has 1 aromatic carbocycles. The smallest absolute Gasteiger partial charge is 0.152 e. The van der Waals surface area contributed by atoms with E-state index in [1.54, 1.807) is 4.68 Å². The van der Waals surface area contributed by atoms with Crippen molar-refractivity contribution in [3.8, 4) is 11.1 Å². The second-order valence-corrected chi connectivity index (χ2v) is 7.53. The van der Waals surface area contributed by atoms with Crippen LogP contribution in [0.4, 0.5) is 4.39 Å². The van der Waals surface area contributed by atoms with Crippen molar-refractivity contribution in [3.05, 3.63) is 42.4 Å². The van der Waals surface area contributed by atoms with Gasteiger partial charge in [-0.3, -0.25) is 19.3 Å². The van der Waals surface area contributed by atoms with Gasteiger partial charge in [-0.15, -0.1) is 0 Å². The van der Waals surface area contributed by atoms with E-state index in [4.69, 9.17) is 0 Å². The molecular weight excluding hydrogens is 371 g/mol. The maximum Gasteiger partial charge on any atom is 0.152 e. The minimum Gasteiger partial charge on any atom is -0.298 e. The molecule has 3 heterocycles. The van der Waals surface area contributed by atoms with Crippen LogP contribution in [0.3, 0.4) is 0 Å². The van der Waals surface area contributed by atoms with Gasteiger partial charge in [0.25, 0.3) is 0 Å². The number of rotatable bonds is 7. The molecule has 0 N–H and O–H groups in total. The fourth-order valence-corrected chi connectivity index (χ4v) is 3.72. The molecule has 3 aromatic rings. The van der Waals surface area contributed by atoms with Crippen LogP contribution < -0.4 is 0 Å². The van der Waals surface area contributed by atoms with Gasteiger partial charge in [0, 0.05) is 56.9 Å². The molecule has 0 unspecified atom stereocenters. The molecule has 0 radical (unpaired) electrons. The summed E-state index contributed by atoms with van der Waals surface area (Å²) >= 11 is 0. The van der Waals surface area contributed by atoms with E-state index in [1.165, 1.54) is 0 Å². The number of benzene rings is 1. The molecule has 1 aliphatic heterocycles. The van der Waals surface area contributed by atoms with Crippen LogP contribution in [0.1, 0.15) is 5.69 Å². The minimum atomic E-state index is -0.317. The zero-order valence-electron chi connectivity index (χ0n) is 16.6. The highest BCUT2D eigenvalue weighted by Crippen LogP contribution is 2.23. The Morgan fingerprint density at radius 2 is 1.86 bits per heavy atom. The molecule has 0 saturated carbocycles. The van der Waals surface area contributed by atoms with Gasteiger partial charge in [-0.25, -0.2) is 4.39 Å². The highest BCUT2D eigenvalue weighted by Gasteiger charge is 2.19. The number of aromatic nitrogens is 4. The molecule has 0 aliphatic carbocycles. The summed E-state index contributed by atoms with van der Waals surface area (Å²) in [4.78, 5) is 16.7. The van der Waals surface area contributed by atoms with Crippen molar-refractivity contribution in [1.82, 2.24) is 29.8 Å². The molecular formula is C21H25FN6O. The Kier molecular flexibility index (Phi) is 5.92. The van der Waals surface area contributed by atoms with Gasteiger partial charge in [-0.1, -0.05) is 6.07 Å². The highest BCUT2D eigenvalue weighted by molar-refractivity contribution is 5.86. The molecule has 29 heavy (non-hydrogen) atoms. The number of ketones is 1. The molecule has 0 bridgehead atoms. The number of fused-ring (bicyclic) bond motifs is 1. The topological polar surface area (TPSA) is 67.2 Å². The predicted molar refractivity (Wildman–Crippen MR) is 109 cm³/mol. The first kappa shape index (κ1) is 19.6. The molecule has 1 aliphatic rings. The van der Waals surface area contributed by atoms with Crippen molar-refractivity contribution < 1.29 is 9.18 Å². The number of carbonyl (C=O) groups is 1. The van der Waals surface area contributed by atoms with Gasteiger partial charge in [-0.05, 0) is 23.8 Å². The van der Waals surface area contributed by atoms with Crippen molar-refractivity contribution in [1.29, 1.82) is 0 Å². The summed E-state index contributed by atoms with van der Waals surface area (Å²) < 4.78 is 14.2. The summed E-state index contributed by atoms with van der Waals surface area (Å²) in [7, 11) is 1.89. The first-order chi connectivity index (χ1) is 14.1. The maximum atomic E-state index is 12.5. The SMILES string of the molecule is Cn1cc(-c2ccc3nnc(CC(=O)CN4CCN(CCF)CC4)cc3c2)cn1. The number of alkyl halides is 1. The summed E-state index contributed by atoms with van der Waals surface area (Å²) in [5.41, 5.74) is 3.58. The van der Waals surface area contributed by atoms with Crippen molar-refractivity contribution >= 4 is 16.7 Å². The molecule has 152 valence electrons. The van der Waals surface area contributed by atoms with Crippen LogP contribution in [-0.2, 0) is 18.3 Å². The van der Waals surface area contributed by atoms with Crippen molar-refractivity contribution in [2.45, 2.75) is 6.42 Å². The molecule has 0 spiro atoms. The Bertz CT molecular complexity index is 996. The van der Waals surface area contributed by atoms with Crippen LogP contribution in [0.15, 0.2) is 36.7 Å². The lowest BCUT2D eigenvalue weighted by Gasteiger charge is -2.33. The van der Waals surface area contributed by atoms with E-state index in [2.05, 4.69) is 31.2 Å². The van der Waals surface area contributed by atoms with Crippen LogP contribution in [0.2, 0.25) is 0 Å². The number of nitrogens with zero attached hydrogens (tertiary/aromatic N) is 6. The number of hydrogen-bond acceptors (Lipinski definition) is 6. The van der Waals surface area contributed by atoms with Gasteiger partial charge >= 0.3 is 0 Å². The lowest BCUT2D eigenvalue weighted by atomic mass is 10.1. The van der Waals surface area contributed by atoms with Crippen molar-refractivity contribution in [3.63, 3.8) is 0 Å². The van der Waals surface area contributed by atoms with Gasteiger partial charge < -0.3 is 0 Å². The average Bonchev–Trinajstić information content (AvgIpc) is 3.15. The standard InChI is InChI=1S/C21H25FN6O/c1-26-14-18(13-23-26)16-2-3-21-17(10-16)11-19(24-25-21)12-20(29)15-28-8-6-27(5-4-22)7-9-28/h2-3,10-11,13-14H,4-9,12,15H2,1H3. The van der Waals surface area contributed by atoms with Gasteiger partial charge in [0.15, 0.2) is 5.78 Å². The van der Waals surface area contributed by atoms with Crippen LogP contribution in [0.25, 0.3) is 22.0 Å². The minimum absolute atomic E-state index is 0.126. The second-order valence-electron chi connectivity index (χ2n) is 7.53. The van der Waals surface area contributed by atoms with Crippen LogP contribution >= 0.6 is 0 Å². The van der Waals surface area contributed by atoms with Crippen molar-refractivity contribution in [2.24, 2.45) is 7.05 Å². The number of carbonyl (C=O) groups excluding carboxylic acids is 1. The van der Waals surface area contributed by atoms with E-state index in [1.807, 2.05) is 37.6 Å². The molecule has 1 saturated heterocycles. The Morgan fingerprint density at radius 1 is 1.07 bits per heavy atom. The number of halogens is 1. The summed E-state index contributed by atoms with van der Waals surface area (Å²) in [5.74, 6) is 0.126. The lowest BCUT2D eigenvalue weighted by Crippen LogP contribution is -2.48. The molecule has 0 atom stereocenters. The van der Waals surface area contributed by atoms with E-state index >= 15 is 0 Å². The largest absolute Gasteiger partial charge is 0.298 e. The third-order valence-corrected chi connectivity index (χ3v) is 5.32. The first-order valence-electron chi connectivity index (χ1n) is 9.88. The summed E-state index contributed by atoms with van der Waals surface area (Å²) in [6.45, 7) is 3.78. The summed E-state index contributed by atoms with van der Waals surface area (Å²) in [6, 6.07) is 7.94. The average molecular weight is 396 g/mol. The number of aryl methyl sites for hydroxylation is 1. The maximum absolute atomic E-state index is 12.5. The van der Waals surface area contributed by atoms with Gasteiger partial charge in [0.05, 0.1) is 30.4 Å². The van der Waals surface area contributed by atoms with E-state index < -0.39 is 0 Å². The van der Waals surface area contributed by atoms with E-state index in [0.29, 0.717) is 18.8 Å². The number of hydrogen-bond donors (Lipinski definition) is 0. The Labute approximate surface area is 169 Å². The Hall–Kier alpha value is -2.71. The fraction of sp³-hybridized carbons (Fsp3) is 0.429. The quantitative estimate of drug-likeness (QED) is 0.606. The monoisotopic (exact) mass is 396 g/mol. The first-order valence-corrected chi connectivity index (χ1v) is 9.88. The molecule has 2 aromatic heterocycles. The lowest BCUT2D eigenvalue weighted by molar-refractivity contribution is -0.120. The van der Waals surface area contributed by atoms with Crippen LogP contribution in [-0.4, -0.2) is 81.5 Å². The summed E-state index contributed by atoms with van der Waals surface area (Å²) in [5, 5.41) is 13.7. The zero-order valence-corrected chi connectivity index (χ0v) is 16.6. The highest BCUT2D eigenvalue weighted by atomic mass is 19.1. The van der Waals surface area contributed by atoms with E-state index in [0.717, 1.165) is 48.2 Å². The third kappa shape index (κ3) is 4.83. The van der Waals surface area contributed by atoms with Gasteiger partial charge in [0.2, 0.25) is 0 Å².